The van der Waals surface area contributed by atoms with Crippen LogP contribution in [-0.2, 0) is 6.54 Å². The highest BCUT2D eigenvalue weighted by atomic mass is 127. The quantitative estimate of drug-likeness (QED) is 0.240. The summed E-state index contributed by atoms with van der Waals surface area (Å²) in [5.74, 6) is 0.830. The van der Waals surface area contributed by atoms with E-state index in [1.165, 1.54) is 5.56 Å². The summed E-state index contributed by atoms with van der Waals surface area (Å²) >= 11 is 0. The van der Waals surface area contributed by atoms with E-state index in [-0.39, 0.29) is 24.0 Å². The number of nitrogens with zero attached hydrogens (tertiary/aromatic N) is 4. The minimum Gasteiger partial charge on any atom is -0.356 e. The van der Waals surface area contributed by atoms with Crippen LogP contribution in [-0.4, -0.2) is 52.6 Å². The fourth-order valence-electron chi connectivity index (χ4n) is 3.29. The Morgan fingerprint density at radius 1 is 1.14 bits per heavy atom. The van der Waals surface area contributed by atoms with Gasteiger partial charge in [0.2, 0.25) is 0 Å². The monoisotopic (exact) mass is 498 g/mol. The van der Waals surface area contributed by atoms with E-state index >= 15 is 0 Å². The average molecular weight is 498 g/mol. The highest BCUT2D eigenvalue weighted by Gasteiger charge is 2.12. The first-order valence-corrected chi connectivity index (χ1v) is 9.79. The largest absolute Gasteiger partial charge is 0.356 e. The van der Waals surface area contributed by atoms with Crippen molar-refractivity contribution in [1.82, 2.24) is 25.1 Å². The molecule has 28 heavy (non-hydrogen) atoms. The Hall–Kier alpha value is -1.61. The molecule has 0 bridgehead atoms. The summed E-state index contributed by atoms with van der Waals surface area (Å²) in [6.45, 7) is 11.7. The van der Waals surface area contributed by atoms with E-state index in [2.05, 4.69) is 71.4 Å². The number of imidazole rings is 1. The highest BCUT2D eigenvalue weighted by Crippen LogP contribution is 2.13. The van der Waals surface area contributed by atoms with Crippen molar-refractivity contribution >= 4 is 29.9 Å². The van der Waals surface area contributed by atoms with Crippen LogP contribution in [0, 0.1) is 0 Å². The molecule has 6 nitrogen and oxygen atoms in total. The summed E-state index contributed by atoms with van der Waals surface area (Å²) in [6.07, 6.45) is 6.66. The average Bonchev–Trinajstić information content (AvgIpc) is 3.18. The van der Waals surface area contributed by atoms with Gasteiger partial charge in [-0.05, 0) is 45.7 Å². The lowest BCUT2D eigenvalue weighted by molar-refractivity contribution is 0.173. The molecule has 156 valence electrons. The molecule has 0 aliphatic carbocycles. The van der Waals surface area contributed by atoms with E-state index in [4.69, 9.17) is 0 Å². The second-order valence-electron chi connectivity index (χ2n) is 7.23. The van der Waals surface area contributed by atoms with Gasteiger partial charge in [0.05, 0.1) is 12.0 Å². The number of para-hydroxylation sites is 1. The molecule has 1 aromatic carbocycles. The molecular formula is C21H35IN6. The molecule has 2 aromatic rings. The molecule has 1 aromatic heterocycles. The van der Waals surface area contributed by atoms with Gasteiger partial charge in [0, 0.05) is 51.2 Å². The summed E-state index contributed by atoms with van der Waals surface area (Å²) in [5.41, 5.74) is 2.33. The van der Waals surface area contributed by atoms with Gasteiger partial charge in [-0.25, -0.2) is 4.98 Å². The summed E-state index contributed by atoms with van der Waals surface area (Å²) < 4.78 is 2.03. The molecule has 0 unspecified atom stereocenters. The zero-order valence-corrected chi connectivity index (χ0v) is 20.1. The second kappa shape index (κ2) is 12.8. The molecule has 0 atom stereocenters. The van der Waals surface area contributed by atoms with Crippen molar-refractivity contribution in [2.24, 2.45) is 4.99 Å². The number of hydrogen-bond donors (Lipinski definition) is 2. The number of rotatable bonds is 9. The van der Waals surface area contributed by atoms with Gasteiger partial charge in [0.1, 0.15) is 0 Å². The molecule has 0 amide bonds. The van der Waals surface area contributed by atoms with Crippen molar-refractivity contribution in [2.45, 2.75) is 52.7 Å². The predicted octanol–water partition coefficient (Wildman–Crippen LogP) is 3.66. The Bertz CT molecular complexity index is 689. The standard InChI is InChI=1S/C21H34N6.HI/c1-17(2)27(18(3)4)13-8-11-24-21(22-5)25-15-19-9-6-7-10-20(19)26-14-12-23-16-26;/h6-7,9-10,12,14,16-18H,8,11,13,15H2,1-5H3,(H2,22,24,25);1H. The van der Waals surface area contributed by atoms with Crippen LogP contribution in [0.4, 0.5) is 0 Å². The van der Waals surface area contributed by atoms with Gasteiger partial charge in [0.25, 0.3) is 0 Å². The molecule has 0 fully saturated rings. The summed E-state index contributed by atoms with van der Waals surface area (Å²) in [4.78, 5) is 11.0. The molecule has 7 heteroatoms. The van der Waals surface area contributed by atoms with Gasteiger partial charge in [-0.3, -0.25) is 9.89 Å². The van der Waals surface area contributed by atoms with Crippen molar-refractivity contribution in [3.8, 4) is 5.69 Å². The van der Waals surface area contributed by atoms with Gasteiger partial charge in [0.15, 0.2) is 5.96 Å². The van der Waals surface area contributed by atoms with Crippen LogP contribution in [0.25, 0.3) is 5.69 Å². The van der Waals surface area contributed by atoms with Crippen molar-refractivity contribution < 1.29 is 0 Å². The van der Waals surface area contributed by atoms with E-state index in [9.17, 15) is 0 Å². The maximum atomic E-state index is 4.34. The third-order valence-electron chi connectivity index (χ3n) is 4.66. The SMILES string of the molecule is CN=C(NCCCN(C(C)C)C(C)C)NCc1ccccc1-n1ccnc1.I. The Morgan fingerprint density at radius 2 is 1.86 bits per heavy atom. The first-order chi connectivity index (χ1) is 13.0. The lowest BCUT2D eigenvalue weighted by Gasteiger charge is -2.30. The lowest BCUT2D eigenvalue weighted by Crippen LogP contribution is -2.41. The highest BCUT2D eigenvalue weighted by molar-refractivity contribution is 14.0. The number of aromatic nitrogens is 2. The molecule has 1 heterocycles. The third-order valence-corrected chi connectivity index (χ3v) is 4.66. The zero-order chi connectivity index (χ0) is 19.6. The predicted molar refractivity (Wildman–Crippen MR) is 129 cm³/mol. The molecule has 2 N–H and O–H groups in total. The molecular weight excluding hydrogens is 463 g/mol. The first kappa shape index (κ1) is 24.4. The van der Waals surface area contributed by atoms with Crippen LogP contribution < -0.4 is 10.6 Å². The van der Waals surface area contributed by atoms with Crippen molar-refractivity contribution in [3.63, 3.8) is 0 Å². The Labute approximate surface area is 186 Å². The number of nitrogens with one attached hydrogen (secondary N) is 2. The molecule has 0 aliphatic rings. The Balaban J connectivity index is 0.00000392. The fraction of sp³-hybridized carbons (Fsp3) is 0.524. The van der Waals surface area contributed by atoms with Crippen LogP contribution >= 0.6 is 24.0 Å². The van der Waals surface area contributed by atoms with Crippen molar-refractivity contribution in [1.29, 1.82) is 0 Å². The van der Waals surface area contributed by atoms with E-state index in [1.807, 2.05) is 30.2 Å². The molecule has 0 spiro atoms. The number of benzene rings is 1. The fourth-order valence-corrected chi connectivity index (χ4v) is 3.29. The number of hydrogen-bond acceptors (Lipinski definition) is 3. The smallest absolute Gasteiger partial charge is 0.191 e. The van der Waals surface area contributed by atoms with Gasteiger partial charge in [-0.1, -0.05) is 18.2 Å². The van der Waals surface area contributed by atoms with E-state index in [1.54, 1.807) is 6.20 Å². The molecule has 0 aliphatic heterocycles. The van der Waals surface area contributed by atoms with E-state index in [0.29, 0.717) is 18.6 Å². The number of aliphatic imine (C=N–C) groups is 1. The van der Waals surface area contributed by atoms with Gasteiger partial charge in [-0.2, -0.15) is 0 Å². The van der Waals surface area contributed by atoms with Gasteiger partial charge < -0.3 is 15.2 Å². The topological polar surface area (TPSA) is 57.5 Å². The number of guanidine groups is 1. The van der Waals surface area contributed by atoms with Crippen LogP contribution in [0.15, 0.2) is 48.0 Å². The van der Waals surface area contributed by atoms with Crippen molar-refractivity contribution in [2.75, 3.05) is 20.1 Å². The van der Waals surface area contributed by atoms with Crippen LogP contribution in [0.5, 0.6) is 0 Å². The minimum absolute atomic E-state index is 0. The normalized spacial score (nSPS) is 11.8. The Morgan fingerprint density at radius 3 is 2.46 bits per heavy atom. The Kier molecular flexibility index (Phi) is 11.1. The van der Waals surface area contributed by atoms with Gasteiger partial charge in [-0.15, -0.1) is 24.0 Å². The maximum absolute atomic E-state index is 4.34. The zero-order valence-electron chi connectivity index (χ0n) is 17.7. The molecule has 2 rings (SSSR count). The summed E-state index contributed by atoms with van der Waals surface area (Å²) in [7, 11) is 1.81. The number of halogens is 1. The maximum Gasteiger partial charge on any atom is 0.191 e. The lowest BCUT2D eigenvalue weighted by atomic mass is 10.1. The van der Waals surface area contributed by atoms with Crippen LogP contribution in [0.3, 0.4) is 0 Å². The second-order valence-corrected chi connectivity index (χ2v) is 7.23. The van der Waals surface area contributed by atoms with Crippen molar-refractivity contribution in [3.05, 3.63) is 48.5 Å². The summed E-state index contributed by atoms with van der Waals surface area (Å²) in [5, 5.41) is 6.83. The third kappa shape index (κ3) is 7.43. The minimum atomic E-state index is 0. The van der Waals surface area contributed by atoms with Crippen LogP contribution in [0.1, 0.15) is 39.7 Å². The first-order valence-electron chi connectivity index (χ1n) is 9.79. The molecule has 0 saturated carbocycles. The van der Waals surface area contributed by atoms with Gasteiger partial charge >= 0.3 is 0 Å². The molecule has 0 saturated heterocycles. The summed E-state index contributed by atoms with van der Waals surface area (Å²) in [6, 6.07) is 9.46. The van der Waals surface area contributed by atoms with Crippen LogP contribution in [0.2, 0.25) is 0 Å². The molecule has 0 radical (unpaired) electrons. The van der Waals surface area contributed by atoms with E-state index in [0.717, 1.165) is 31.2 Å². The van der Waals surface area contributed by atoms with E-state index < -0.39 is 0 Å².